The number of phenolic OH excluding ortho intramolecular Hbond substituents is 1. The molecule has 6 heteroatoms. The van der Waals surface area contributed by atoms with Gasteiger partial charge in [0, 0.05) is 36.8 Å². The van der Waals surface area contributed by atoms with Gasteiger partial charge in [-0.25, -0.2) is 4.79 Å². The topological polar surface area (TPSA) is 70.1 Å². The SMILES string of the molecule is COC(=O)c1ccc(-c2ccc(C(=O)N3CCN4CCC[C@@H]4C3)cc2)c(O)c1. The fourth-order valence-corrected chi connectivity index (χ4v) is 4.17. The van der Waals surface area contributed by atoms with Gasteiger partial charge in [-0.05, 0) is 55.3 Å². The Bertz CT molecular complexity index is 894. The summed E-state index contributed by atoms with van der Waals surface area (Å²) in [5, 5.41) is 10.3. The summed E-state index contributed by atoms with van der Waals surface area (Å²) in [5.41, 5.74) is 2.33. The van der Waals surface area contributed by atoms with Crippen LogP contribution in [0.3, 0.4) is 0 Å². The van der Waals surface area contributed by atoms with Crippen molar-refractivity contribution in [3.63, 3.8) is 0 Å². The molecule has 2 aromatic carbocycles. The standard InChI is InChI=1S/C22H24N2O4/c1-28-22(27)17-8-9-19(20(25)13-17)15-4-6-16(7-5-15)21(26)24-12-11-23-10-2-3-18(23)14-24/h4-9,13,18,25H,2-3,10-12,14H2,1H3/t18-/m1/s1. The number of hydrogen-bond acceptors (Lipinski definition) is 5. The first-order chi connectivity index (χ1) is 13.6. The molecule has 0 aromatic heterocycles. The number of phenols is 1. The van der Waals surface area contributed by atoms with Crippen molar-refractivity contribution in [1.29, 1.82) is 0 Å². The summed E-state index contributed by atoms with van der Waals surface area (Å²) in [6.07, 6.45) is 2.39. The van der Waals surface area contributed by atoms with Gasteiger partial charge in [0.1, 0.15) is 5.75 Å². The number of esters is 1. The average molecular weight is 380 g/mol. The molecule has 6 nitrogen and oxygen atoms in total. The zero-order valence-electron chi connectivity index (χ0n) is 15.9. The number of rotatable bonds is 3. The highest BCUT2D eigenvalue weighted by atomic mass is 16.5. The summed E-state index contributed by atoms with van der Waals surface area (Å²) in [5.74, 6) is -0.437. The molecule has 2 heterocycles. The number of ether oxygens (including phenoxy) is 1. The molecule has 0 radical (unpaired) electrons. The highest BCUT2D eigenvalue weighted by molar-refractivity contribution is 5.95. The van der Waals surface area contributed by atoms with Crippen molar-refractivity contribution in [3.05, 3.63) is 53.6 Å². The smallest absolute Gasteiger partial charge is 0.337 e. The second-order valence-electron chi connectivity index (χ2n) is 7.38. The van der Waals surface area contributed by atoms with Gasteiger partial charge in [0.2, 0.25) is 0 Å². The minimum Gasteiger partial charge on any atom is -0.507 e. The van der Waals surface area contributed by atoms with Crippen LogP contribution in [0.2, 0.25) is 0 Å². The van der Waals surface area contributed by atoms with E-state index in [9.17, 15) is 14.7 Å². The fourth-order valence-electron chi connectivity index (χ4n) is 4.17. The van der Waals surface area contributed by atoms with E-state index in [4.69, 9.17) is 0 Å². The van der Waals surface area contributed by atoms with E-state index in [-0.39, 0.29) is 11.7 Å². The van der Waals surface area contributed by atoms with Gasteiger partial charge in [-0.2, -0.15) is 0 Å². The number of amides is 1. The van der Waals surface area contributed by atoms with Gasteiger partial charge in [0.25, 0.3) is 5.91 Å². The molecule has 1 atom stereocenters. The third-order valence-corrected chi connectivity index (χ3v) is 5.74. The highest BCUT2D eigenvalue weighted by Gasteiger charge is 2.32. The number of benzene rings is 2. The number of piperazine rings is 1. The van der Waals surface area contributed by atoms with E-state index in [0.717, 1.165) is 31.7 Å². The van der Waals surface area contributed by atoms with Gasteiger partial charge in [0.15, 0.2) is 0 Å². The summed E-state index contributed by atoms with van der Waals surface area (Å²) >= 11 is 0. The third kappa shape index (κ3) is 3.47. The van der Waals surface area contributed by atoms with Crippen molar-refractivity contribution >= 4 is 11.9 Å². The minimum atomic E-state index is -0.495. The Morgan fingerprint density at radius 1 is 1.04 bits per heavy atom. The summed E-state index contributed by atoms with van der Waals surface area (Å²) < 4.78 is 4.67. The van der Waals surface area contributed by atoms with Gasteiger partial charge in [0.05, 0.1) is 12.7 Å². The molecule has 146 valence electrons. The quantitative estimate of drug-likeness (QED) is 0.829. The Labute approximate surface area is 164 Å². The van der Waals surface area contributed by atoms with E-state index < -0.39 is 5.97 Å². The van der Waals surface area contributed by atoms with Gasteiger partial charge >= 0.3 is 5.97 Å². The van der Waals surface area contributed by atoms with Crippen LogP contribution < -0.4 is 0 Å². The van der Waals surface area contributed by atoms with E-state index >= 15 is 0 Å². The number of aromatic hydroxyl groups is 1. The third-order valence-electron chi connectivity index (χ3n) is 5.74. The Balaban J connectivity index is 1.49. The van der Waals surface area contributed by atoms with Crippen molar-refractivity contribution < 1.29 is 19.4 Å². The molecule has 0 spiro atoms. The predicted octanol–water partition coefficient (Wildman–Crippen LogP) is 2.77. The normalized spacial score (nSPS) is 19.3. The molecule has 2 fully saturated rings. The largest absolute Gasteiger partial charge is 0.507 e. The van der Waals surface area contributed by atoms with Crippen molar-refractivity contribution in [3.8, 4) is 16.9 Å². The lowest BCUT2D eigenvalue weighted by atomic mass is 10.0. The second kappa shape index (κ2) is 7.64. The molecule has 2 aliphatic rings. The van der Waals surface area contributed by atoms with Crippen LogP contribution in [-0.2, 0) is 4.74 Å². The Kier molecular flexibility index (Phi) is 5.05. The first kappa shape index (κ1) is 18.5. The Morgan fingerprint density at radius 2 is 1.79 bits per heavy atom. The summed E-state index contributed by atoms with van der Waals surface area (Å²) in [7, 11) is 1.30. The molecule has 2 saturated heterocycles. The zero-order valence-corrected chi connectivity index (χ0v) is 15.9. The van der Waals surface area contributed by atoms with E-state index in [2.05, 4.69) is 9.64 Å². The maximum Gasteiger partial charge on any atom is 0.337 e. The van der Waals surface area contributed by atoms with E-state index in [1.807, 2.05) is 17.0 Å². The number of hydrogen-bond donors (Lipinski definition) is 1. The van der Waals surface area contributed by atoms with Crippen LogP contribution in [0.4, 0.5) is 0 Å². The lowest BCUT2D eigenvalue weighted by molar-refractivity contribution is 0.0570. The van der Waals surface area contributed by atoms with E-state index in [1.54, 1.807) is 24.3 Å². The molecule has 28 heavy (non-hydrogen) atoms. The monoisotopic (exact) mass is 380 g/mol. The molecule has 0 bridgehead atoms. The maximum atomic E-state index is 12.9. The number of carbonyl (C=O) groups is 2. The Hall–Kier alpha value is -2.86. The molecule has 2 aliphatic heterocycles. The highest BCUT2D eigenvalue weighted by Crippen LogP contribution is 2.31. The molecule has 2 aromatic rings. The molecular weight excluding hydrogens is 356 g/mol. The van der Waals surface area contributed by atoms with Crippen LogP contribution >= 0.6 is 0 Å². The molecule has 0 saturated carbocycles. The zero-order chi connectivity index (χ0) is 19.7. The first-order valence-electron chi connectivity index (χ1n) is 9.62. The van der Waals surface area contributed by atoms with Gasteiger partial charge < -0.3 is 14.7 Å². The molecule has 4 rings (SSSR count). The van der Waals surface area contributed by atoms with Crippen molar-refractivity contribution in [2.75, 3.05) is 33.3 Å². The van der Waals surface area contributed by atoms with Crippen LogP contribution in [0.1, 0.15) is 33.6 Å². The van der Waals surface area contributed by atoms with Crippen LogP contribution in [-0.4, -0.2) is 66.1 Å². The molecule has 1 N–H and O–H groups in total. The number of nitrogens with zero attached hydrogens (tertiary/aromatic N) is 2. The number of methoxy groups -OCH3 is 1. The van der Waals surface area contributed by atoms with Gasteiger partial charge in [-0.1, -0.05) is 12.1 Å². The number of carbonyl (C=O) groups excluding carboxylic acids is 2. The first-order valence-corrected chi connectivity index (χ1v) is 9.62. The lowest BCUT2D eigenvalue weighted by Gasteiger charge is -2.37. The molecule has 0 unspecified atom stereocenters. The summed E-state index contributed by atoms with van der Waals surface area (Å²) in [4.78, 5) is 28.9. The van der Waals surface area contributed by atoms with E-state index in [1.165, 1.54) is 26.0 Å². The van der Waals surface area contributed by atoms with Crippen molar-refractivity contribution in [1.82, 2.24) is 9.80 Å². The van der Waals surface area contributed by atoms with Crippen LogP contribution in [0.5, 0.6) is 5.75 Å². The maximum absolute atomic E-state index is 12.9. The van der Waals surface area contributed by atoms with Crippen molar-refractivity contribution in [2.45, 2.75) is 18.9 Å². The molecular formula is C22H24N2O4. The van der Waals surface area contributed by atoms with Gasteiger partial charge in [-0.3, -0.25) is 9.69 Å². The van der Waals surface area contributed by atoms with Crippen LogP contribution in [0.25, 0.3) is 11.1 Å². The summed E-state index contributed by atoms with van der Waals surface area (Å²) in [6, 6.07) is 12.4. The fraction of sp³-hybridized carbons (Fsp3) is 0.364. The average Bonchev–Trinajstić information content (AvgIpc) is 3.20. The lowest BCUT2D eigenvalue weighted by Crippen LogP contribution is -2.52. The van der Waals surface area contributed by atoms with Crippen LogP contribution in [0.15, 0.2) is 42.5 Å². The van der Waals surface area contributed by atoms with Gasteiger partial charge in [-0.15, -0.1) is 0 Å². The predicted molar refractivity (Wildman–Crippen MR) is 105 cm³/mol. The number of fused-ring (bicyclic) bond motifs is 1. The molecule has 1 amide bonds. The van der Waals surface area contributed by atoms with E-state index in [0.29, 0.717) is 22.7 Å². The second-order valence-corrected chi connectivity index (χ2v) is 7.38. The summed E-state index contributed by atoms with van der Waals surface area (Å²) in [6.45, 7) is 3.68. The Morgan fingerprint density at radius 3 is 2.50 bits per heavy atom. The molecule has 0 aliphatic carbocycles. The van der Waals surface area contributed by atoms with Crippen molar-refractivity contribution in [2.24, 2.45) is 0 Å². The minimum absolute atomic E-state index is 0.000619. The van der Waals surface area contributed by atoms with Crippen LogP contribution in [0, 0.1) is 0 Å².